The highest BCUT2D eigenvalue weighted by atomic mass is 16.5. The highest BCUT2D eigenvalue weighted by Crippen LogP contribution is 2.14. The molecule has 0 bridgehead atoms. The molecule has 19 heavy (non-hydrogen) atoms. The van der Waals surface area contributed by atoms with Gasteiger partial charge in [-0.05, 0) is 38.0 Å². The number of urea groups is 1. The molecule has 1 aromatic carbocycles. The van der Waals surface area contributed by atoms with E-state index in [0.717, 1.165) is 11.1 Å². The van der Waals surface area contributed by atoms with Gasteiger partial charge in [0.25, 0.3) is 5.91 Å². The van der Waals surface area contributed by atoms with E-state index in [-0.39, 0.29) is 0 Å². The van der Waals surface area contributed by atoms with Crippen molar-refractivity contribution in [2.24, 2.45) is 5.73 Å². The van der Waals surface area contributed by atoms with E-state index in [2.05, 4.69) is 0 Å². The van der Waals surface area contributed by atoms with E-state index in [1.807, 2.05) is 18.3 Å². The molecule has 0 aromatic heterocycles. The van der Waals surface area contributed by atoms with Gasteiger partial charge >= 0.3 is 12.0 Å². The fourth-order valence-electron chi connectivity index (χ4n) is 1.47. The van der Waals surface area contributed by atoms with Crippen LogP contribution in [0.2, 0.25) is 0 Å². The van der Waals surface area contributed by atoms with Crippen molar-refractivity contribution in [2.45, 2.75) is 26.9 Å². The lowest BCUT2D eigenvalue weighted by Crippen LogP contribution is -2.42. The van der Waals surface area contributed by atoms with E-state index in [4.69, 9.17) is 10.5 Å². The van der Waals surface area contributed by atoms with Crippen LogP contribution in [-0.4, -0.2) is 24.0 Å². The Labute approximate surface area is 110 Å². The van der Waals surface area contributed by atoms with Crippen molar-refractivity contribution in [2.75, 3.05) is 0 Å². The Bertz CT molecular complexity index is 525. The molecule has 6 heteroatoms. The molecule has 0 unspecified atom stereocenters. The number of nitrogens with two attached hydrogens (primary N) is 1. The highest BCUT2D eigenvalue weighted by Gasteiger charge is 2.21. The number of esters is 1. The van der Waals surface area contributed by atoms with Crippen molar-refractivity contribution >= 4 is 17.9 Å². The molecule has 0 aliphatic rings. The third-order valence-corrected chi connectivity index (χ3v) is 2.72. The van der Waals surface area contributed by atoms with Crippen LogP contribution in [0.3, 0.4) is 0 Å². The summed E-state index contributed by atoms with van der Waals surface area (Å²) in [5.74, 6) is -1.38. The van der Waals surface area contributed by atoms with Crippen molar-refractivity contribution in [1.82, 2.24) is 5.32 Å². The van der Waals surface area contributed by atoms with Gasteiger partial charge in [-0.1, -0.05) is 12.1 Å². The van der Waals surface area contributed by atoms with Gasteiger partial charge < -0.3 is 10.5 Å². The number of carbonyl (C=O) groups excluding carboxylic acids is 3. The second kappa shape index (κ2) is 5.99. The molecule has 3 N–H and O–H groups in total. The van der Waals surface area contributed by atoms with Crippen molar-refractivity contribution in [1.29, 1.82) is 0 Å². The number of primary amides is 1. The van der Waals surface area contributed by atoms with Gasteiger partial charge in [-0.25, -0.2) is 9.59 Å². The largest absolute Gasteiger partial charge is 0.449 e. The molecule has 3 amide bonds. The first kappa shape index (κ1) is 14.7. The maximum Gasteiger partial charge on any atom is 0.339 e. The number of amides is 3. The second-order valence-electron chi connectivity index (χ2n) is 4.15. The van der Waals surface area contributed by atoms with E-state index < -0.39 is 24.0 Å². The summed E-state index contributed by atoms with van der Waals surface area (Å²) < 4.78 is 4.98. The van der Waals surface area contributed by atoms with Crippen LogP contribution in [0, 0.1) is 13.8 Å². The van der Waals surface area contributed by atoms with Crippen LogP contribution in [0.15, 0.2) is 18.2 Å². The number of rotatable bonds is 3. The van der Waals surface area contributed by atoms with Crippen LogP contribution in [0.25, 0.3) is 0 Å². The summed E-state index contributed by atoms with van der Waals surface area (Å²) in [5.41, 5.74) is 6.93. The van der Waals surface area contributed by atoms with Crippen molar-refractivity contribution in [3.8, 4) is 0 Å². The van der Waals surface area contributed by atoms with Gasteiger partial charge in [0.05, 0.1) is 5.56 Å². The Kier molecular flexibility index (Phi) is 4.63. The van der Waals surface area contributed by atoms with Crippen LogP contribution >= 0.6 is 0 Å². The maximum absolute atomic E-state index is 11.9. The van der Waals surface area contributed by atoms with Crippen LogP contribution in [0.4, 0.5) is 4.79 Å². The smallest absolute Gasteiger partial charge is 0.339 e. The van der Waals surface area contributed by atoms with Gasteiger partial charge in [0.1, 0.15) is 0 Å². The Hall–Kier alpha value is -2.37. The highest BCUT2D eigenvalue weighted by molar-refractivity contribution is 5.98. The fraction of sp³-hybridized carbons (Fsp3) is 0.308. The minimum atomic E-state index is -1.10. The van der Waals surface area contributed by atoms with Crippen LogP contribution < -0.4 is 11.1 Å². The van der Waals surface area contributed by atoms with E-state index in [1.165, 1.54) is 6.92 Å². The zero-order valence-electron chi connectivity index (χ0n) is 11.0. The molecule has 0 spiro atoms. The Morgan fingerprint density at radius 2 is 1.89 bits per heavy atom. The zero-order valence-corrected chi connectivity index (χ0v) is 11.0. The topological polar surface area (TPSA) is 98.5 Å². The molecular weight excluding hydrogens is 248 g/mol. The summed E-state index contributed by atoms with van der Waals surface area (Å²) in [7, 11) is 0. The SMILES string of the molecule is Cc1cccc(C(=O)O[C@@H](C)C(=O)NC(N)=O)c1C. The molecule has 0 aliphatic carbocycles. The van der Waals surface area contributed by atoms with E-state index >= 15 is 0 Å². The summed E-state index contributed by atoms with van der Waals surface area (Å²) in [5, 5.41) is 1.85. The van der Waals surface area contributed by atoms with Crippen LogP contribution in [0.5, 0.6) is 0 Å². The van der Waals surface area contributed by atoms with E-state index in [0.29, 0.717) is 5.56 Å². The number of hydrogen-bond acceptors (Lipinski definition) is 4. The Morgan fingerprint density at radius 1 is 1.26 bits per heavy atom. The lowest BCUT2D eigenvalue weighted by Gasteiger charge is -2.13. The van der Waals surface area contributed by atoms with Crippen LogP contribution in [0.1, 0.15) is 28.4 Å². The van der Waals surface area contributed by atoms with Gasteiger partial charge in [0.2, 0.25) is 0 Å². The maximum atomic E-state index is 11.9. The summed E-state index contributed by atoms with van der Waals surface area (Å²) >= 11 is 0. The lowest BCUT2D eigenvalue weighted by molar-refractivity contribution is -0.127. The molecule has 0 saturated carbocycles. The second-order valence-corrected chi connectivity index (χ2v) is 4.15. The van der Waals surface area contributed by atoms with Gasteiger partial charge in [-0.3, -0.25) is 10.1 Å². The predicted molar refractivity (Wildman–Crippen MR) is 68.5 cm³/mol. The number of ether oxygens (including phenoxy) is 1. The molecular formula is C13H16N2O4. The lowest BCUT2D eigenvalue weighted by atomic mass is 10.0. The first-order valence-electron chi connectivity index (χ1n) is 5.70. The molecule has 1 atom stereocenters. The summed E-state index contributed by atoms with van der Waals surface area (Å²) in [4.78, 5) is 33.8. The summed E-state index contributed by atoms with van der Waals surface area (Å²) in [6.45, 7) is 5.02. The third kappa shape index (κ3) is 3.80. The first-order chi connectivity index (χ1) is 8.82. The molecule has 0 heterocycles. The molecule has 0 saturated heterocycles. The normalized spacial score (nSPS) is 11.5. The van der Waals surface area contributed by atoms with Crippen molar-refractivity contribution < 1.29 is 19.1 Å². The minimum Gasteiger partial charge on any atom is -0.449 e. The molecule has 1 rings (SSSR count). The number of aryl methyl sites for hydroxylation is 1. The average molecular weight is 264 g/mol. The number of hydrogen-bond donors (Lipinski definition) is 2. The molecule has 0 aliphatic heterocycles. The minimum absolute atomic E-state index is 0.388. The van der Waals surface area contributed by atoms with Gasteiger partial charge in [-0.15, -0.1) is 0 Å². The van der Waals surface area contributed by atoms with Gasteiger partial charge in [-0.2, -0.15) is 0 Å². The quantitative estimate of drug-likeness (QED) is 0.797. The van der Waals surface area contributed by atoms with Crippen molar-refractivity contribution in [3.05, 3.63) is 34.9 Å². The number of imide groups is 1. The van der Waals surface area contributed by atoms with Gasteiger partial charge in [0.15, 0.2) is 6.10 Å². The van der Waals surface area contributed by atoms with E-state index in [9.17, 15) is 14.4 Å². The predicted octanol–water partition coefficient (Wildman–Crippen LogP) is 1.04. The van der Waals surface area contributed by atoms with Crippen molar-refractivity contribution in [3.63, 3.8) is 0 Å². The summed E-state index contributed by atoms with van der Waals surface area (Å²) in [6.07, 6.45) is -1.10. The molecule has 0 radical (unpaired) electrons. The Balaban J connectivity index is 2.77. The average Bonchev–Trinajstić information content (AvgIpc) is 2.31. The standard InChI is InChI=1S/C13H16N2O4/c1-7-5-4-6-10(8(7)2)12(17)19-9(3)11(16)15-13(14)18/h4-6,9H,1-3H3,(H3,14,15,16,18)/t9-/m0/s1. The number of nitrogens with one attached hydrogen (secondary N) is 1. The number of benzene rings is 1. The molecule has 0 fully saturated rings. The van der Waals surface area contributed by atoms with Gasteiger partial charge in [0, 0.05) is 0 Å². The van der Waals surface area contributed by atoms with Crippen LogP contribution in [-0.2, 0) is 9.53 Å². The molecule has 6 nitrogen and oxygen atoms in total. The number of carbonyl (C=O) groups is 3. The molecule has 1 aromatic rings. The Morgan fingerprint density at radius 3 is 2.47 bits per heavy atom. The summed E-state index contributed by atoms with van der Waals surface area (Å²) in [6, 6.07) is 4.23. The van der Waals surface area contributed by atoms with E-state index in [1.54, 1.807) is 19.1 Å². The third-order valence-electron chi connectivity index (χ3n) is 2.72. The zero-order chi connectivity index (χ0) is 14.6. The molecule has 102 valence electrons. The fourth-order valence-corrected chi connectivity index (χ4v) is 1.47. The monoisotopic (exact) mass is 264 g/mol. The first-order valence-corrected chi connectivity index (χ1v) is 5.70.